The lowest BCUT2D eigenvalue weighted by molar-refractivity contribution is -0.384. The number of carbonyl (C=O) groups is 1. The second-order valence-electron chi connectivity index (χ2n) is 4.29. The number of nitro groups is 1. The van der Waals surface area contributed by atoms with E-state index in [1.165, 1.54) is 24.3 Å². The number of nitro benzene ring substituents is 1. The molecule has 2 aromatic carbocycles. The van der Waals surface area contributed by atoms with Crippen LogP contribution >= 0.6 is 34.8 Å². The molecule has 0 spiro atoms. The first-order valence-corrected chi connectivity index (χ1v) is 7.13. The van der Waals surface area contributed by atoms with Crippen LogP contribution < -0.4 is 0 Å². The van der Waals surface area contributed by atoms with Crippen LogP contribution in [0.2, 0.25) is 15.1 Å². The maximum Gasteiger partial charge on any atom is 0.288 e. The monoisotopic (exact) mass is 355 g/mol. The number of ketones is 1. The molecule has 112 valence electrons. The van der Waals surface area contributed by atoms with Crippen molar-refractivity contribution < 1.29 is 9.72 Å². The van der Waals surface area contributed by atoms with E-state index in [9.17, 15) is 14.9 Å². The van der Waals surface area contributed by atoms with E-state index in [2.05, 4.69) is 0 Å². The van der Waals surface area contributed by atoms with Gasteiger partial charge in [0, 0.05) is 21.7 Å². The SMILES string of the molecule is O=C(/C=C/c1ccc(Cl)cc1Cl)c1ccc(Cl)c([N+](=O)[O-])c1. The van der Waals surface area contributed by atoms with E-state index in [-0.39, 0.29) is 16.3 Å². The molecule has 2 aromatic rings. The summed E-state index contributed by atoms with van der Waals surface area (Å²) in [6, 6.07) is 8.74. The standard InChI is InChI=1S/C15H8Cl3NO3/c16-11-4-1-9(13(18)8-11)3-6-15(20)10-2-5-12(17)14(7-10)19(21)22/h1-8H/b6-3+. The number of carbonyl (C=O) groups excluding carboxylic acids is 1. The van der Waals surface area contributed by atoms with Gasteiger partial charge in [-0.25, -0.2) is 0 Å². The first kappa shape index (κ1) is 16.5. The summed E-state index contributed by atoms with van der Waals surface area (Å²) in [7, 11) is 0. The van der Waals surface area contributed by atoms with E-state index in [0.29, 0.717) is 15.6 Å². The molecule has 0 bridgehead atoms. The lowest BCUT2D eigenvalue weighted by Gasteiger charge is -2.00. The first-order valence-electron chi connectivity index (χ1n) is 6.00. The summed E-state index contributed by atoms with van der Waals surface area (Å²) in [4.78, 5) is 22.2. The molecular formula is C15H8Cl3NO3. The molecule has 0 saturated heterocycles. The Morgan fingerprint density at radius 2 is 1.77 bits per heavy atom. The van der Waals surface area contributed by atoms with Crippen molar-refractivity contribution in [3.63, 3.8) is 0 Å². The molecule has 0 aliphatic carbocycles. The summed E-state index contributed by atoms with van der Waals surface area (Å²) in [6.45, 7) is 0. The summed E-state index contributed by atoms with van der Waals surface area (Å²) in [5, 5.41) is 11.7. The fraction of sp³-hybridized carbons (Fsp3) is 0. The second kappa shape index (κ2) is 6.92. The molecule has 0 amide bonds. The quantitative estimate of drug-likeness (QED) is 0.317. The number of hydrogen-bond acceptors (Lipinski definition) is 3. The number of allylic oxidation sites excluding steroid dienone is 1. The van der Waals surface area contributed by atoms with Crippen LogP contribution in [0.3, 0.4) is 0 Å². The van der Waals surface area contributed by atoms with Crippen molar-refractivity contribution in [1.82, 2.24) is 0 Å². The molecule has 0 heterocycles. The van der Waals surface area contributed by atoms with Crippen molar-refractivity contribution in [2.45, 2.75) is 0 Å². The number of rotatable bonds is 4. The van der Waals surface area contributed by atoms with Crippen LogP contribution in [0.25, 0.3) is 6.08 Å². The van der Waals surface area contributed by atoms with Gasteiger partial charge < -0.3 is 0 Å². The minimum atomic E-state index is -0.640. The fourth-order valence-corrected chi connectivity index (χ4v) is 2.36. The lowest BCUT2D eigenvalue weighted by atomic mass is 10.1. The van der Waals surface area contributed by atoms with Crippen LogP contribution in [0.4, 0.5) is 5.69 Å². The predicted molar refractivity (Wildman–Crippen MR) is 87.9 cm³/mol. The van der Waals surface area contributed by atoms with Gasteiger partial charge in [0.25, 0.3) is 5.69 Å². The van der Waals surface area contributed by atoms with E-state index in [1.807, 2.05) is 0 Å². The molecule has 0 fully saturated rings. The highest BCUT2D eigenvalue weighted by Crippen LogP contribution is 2.26. The molecule has 0 aliphatic rings. The Balaban J connectivity index is 2.27. The minimum absolute atomic E-state index is 0.0220. The van der Waals surface area contributed by atoms with Crippen LogP contribution in [-0.2, 0) is 0 Å². The van der Waals surface area contributed by atoms with Crippen LogP contribution in [0.5, 0.6) is 0 Å². The zero-order valence-electron chi connectivity index (χ0n) is 10.9. The number of halogens is 3. The zero-order valence-corrected chi connectivity index (χ0v) is 13.2. The van der Waals surface area contributed by atoms with Gasteiger partial charge in [0.1, 0.15) is 5.02 Å². The smallest absolute Gasteiger partial charge is 0.288 e. The van der Waals surface area contributed by atoms with Crippen LogP contribution in [0, 0.1) is 10.1 Å². The maximum absolute atomic E-state index is 12.1. The molecule has 0 unspecified atom stereocenters. The highest BCUT2D eigenvalue weighted by atomic mass is 35.5. The molecule has 7 heteroatoms. The Morgan fingerprint density at radius 3 is 2.41 bits per heavy atom. The summed E-state index contributed by atoms with van der Waals surface area (Å²) in [6.07, 6.45) is 2.80. The van der Waals surface area contributed by atoms with Gasteiger partial charge in [0.05, 0.1) is 4.92 Å². The zero-order chi connectivity index (χ0) is 16.3. The van der Waals surface area contributed by atoms with E-state index in [1.54, 1.807) is 18.2 Å². The highest BCUT2D eigenvalue weighted by Gasteiger charge is 2.15. The minimum Gasteiger partial charge on any atom is -0.289 e. The largest absolute Gasteiger partial charge is 0.289 e. The van der Waals surface area contributed by atoms with Crippen LogP contribution in [-0.4, -0.2) is 10.7 Å². The molecule has 22 heavy (non-hydrogen) atoms. The summed E-state index contributed by atoms with van der Waals surface area (Å²) < 4.78 is 0. The average molecular weight is 357 g/mol. The van der Waals surface area contributed by atoms with Crippen LogP contribution in [0.1, 0.15) is 15.9 Å². The van der Waals surface area contributed by atoms with Crippen LogP contribution in [0.15, 0.2) is 42.5 Å². The molecule has 0 aromatic heterocycles. The second-order valence-corrected chi connectivity index (χ2v) is 5.54. The van der Waals surface area contributed by atoms with Gasteiger partial charge in [0.2, 0.25) is 0 Å². The Kier molecular flexibility index (Phi) is 5.19. The predicted octanol–water partition coefficient (Wildman–Crippen LogP) is 5.45. The molecular weight excluding hydrogens is 349 g/mol. The summed E-state index contributed by atoms with van der Waals surface area (Å²) in [5.74, 6) is -0.397. The van der Waals surface area contributed by atoms with Gasteiger partial charge in [-0.15, -0.1) is 0 Å². The third-order valence-corrected chi connectivity index (χ3v) is 3.69. The van der Waals surface area contributed by atoms with Gasteiger partial charge in [-0.05, 0) is 42.0 Å². The van der Waals surface area contributed by atoms with Crippen molar-refractivity contribution >= 4 is 52.3 Å². The molecule has 0 N–H and O–H groups in total. The molecule has 0 aliphatic heterocycles. The van der Waals surface area contributed by atoms with Gasteiger partial charge in [-0.1, -0.05) is 40.9 Å². The van der Waals surface area contributed by atoms with Crippen molar-refractivity contribution in [2.24, 2.45) is 0 Å². The van der Waals surface area contributed by atoms with E-state index < -0.39 is 10.7 Å². The van der Waals surface area contributed by atoms with E-state index >= 15 is 0 Å². The van der Waals surface area contributed by atoms with Gasteiger partial charge in [-0.2, -0.15) is 0 Å². The first-order chi connectivity index (χ1) is 10.4. The summed E-state index contributed by atoms with van der Waals surface area (Å²) in [5.41, 5.74) is 0.464. The van der Waals surface area contributed by atoms with Gasteiger partial charge in [0.15, 0.2) is 5.78 Å². The molecule has 2 rings (SSSR count). The highest BCUT2D eigenvalue weighted by molar-refractivity contribution is 6.35. The van der Waals surface area contributed by atoms with E-state index in [4.69, 9.17) is 34.8 Å². The van der Waals surface area contributed by atoms with Crippen molar-refractivity contribution in [2.75, 3.05) is 0 Å². The summed E-state index contributed by atoms with van der Waals surface area (Å²) >= 11 is 17.5. The molecule has 0 radical (unpaired) electrons. The van der Waals surface area contributed by atoms with Gasteiger partial charge >= 0.3 is 0 Å². The molecule has 4 nitrogen and oxygen atoms in total. The third kappa shape index (κ3) is 3.85. The maximum atomic E-state index is 12.1. The Bertz CT molecular complexity index is 788. The van der Waals surface area contributed by atoms with Crippen molar-refractivity contribution in [3.05, 3.63) is 78.8 Å². The Morgan fingerprint density at radius 1 is 1.05 bits per heavy atom. The molecule has 0 atom stereocenters. The number of benzene rings is 2. The van der Waals surface area contributed by atoms with Gasteiger partial charge in [-0.3, -0.25) is 14.9 Å². The third-order valence-electron chi connectivity index (χ3n) is 2.80. The average Bonchev–Trinajstić information content (AvgIpc) is 2.46. The molecule has 0 saturated carbocycles. The Hall–Kier alpha value is -1.88. The van der Waals surface area contributed by atoms with Crippen molar-refractivity contribution in [3.8, 4) is 0 Å². The lowest BCUT2D eigenvalue weighted by Crippen LogP contribution is -1.97. The topological polar surface area (TPSA) is 60.2 Å². The number of nitrogens with zero attached hydrogens (tertiary/aromatic N) is 1. The fourth-order valence-electron chi connectivity index (χ4n) is 1.70. The number of hydrogen-bond donors (Lipinski definition) is 0. The Labute approximate surface area is 141 Å². The van der Waals surface area contributed by atoms with E-state index in [0.717, 1.165) is 6.07 Å². The normalized spacial score (nSPS) is 10.9. The van der Waals surface area contributed by atoms with Crippen molar-refractivity contribution in [1.29, 1.82) is 0 Å².